The van der Waals surface area contributed by atoms with E-state index in [1.165, 1.54) is 6.26 Å². The molecular formula is C21H23N5O3. The second-order valence-electron chi connectivity index (χ2n) is 6.55. The van der Waals surface area contributed by atoms with Crippen molar-refractivity contribution in [3.05, 3.63) is 60.7 Å². The molecule has 0 aliphatic carbocycles. The monoisotopic (exact) mass is 393 g/mol. The Bertz CT molecular complexity index is 952. The highest BCUT2D eigenvalue weighted by molar-refractivity contribution is 5.91. The number of piperazine rings is 1. The van der Waals surface area contributed by atoms with Gasteiger partial charge >= 0.3 is 0 Å². The molecule has 3 heterocycles. The summed E-state index contributed by atoms with van der Waals surface area (Å²) in [5, 5.41) is 3.30. The average molecular weight is 393 g/mol. The highest BCUT2D eigenvalue weighted by atomic mass is 16.5. The molecule has 0 unspecified atom stereocenters. The van der Waals surface area contributed by atoms with Crippen molar-refractivity contribution in [1.82, 2.24) is 14.9 Å². The first-order valence-corrected chi connectivity index (χ1v) is 9.64. The fourth-order valence-corrected chi connectivity index (χ4v) is 3.23. The molecule has 1 aromatic carbocycles. The number of hydrogen-bond donors (Lipinski definition) is 1. The SMILES string of the molecule is CCOc1ccccc1Nc1ccnc(N2CCN(C(=O)c3ccco3)CC2)n1. The maximum Gasteiger partial charge on any atom is 0.289 e. The van der Waals surface area contributed by atoms with Gasteiger partial charge in [0.1, 0.15) is 11.6 Å². The topological polar surface area (TPSA) is 83.7 Å². The molecule has 29 heavy (non-hydrogen) atoms. The molecule has 4 rings (SSSR count). The molecule has 1 N–H and O–H groups in total. The first-order valence-electron chi connectivity index (χ1n) is 9.64. The lowest BCUT2D eigenvalue weighted by molar-refractivity contribution is 0.0714. The Kier molecular flexibility index (Phi) is 5.60. The van der Waals surface area contributed by atoms with E-state index in [0.717, 1.165) is 11.4 Å². The number of rotatable bonds is 6. The van der Waals surface area contributed by atoms with E-state index in [1.54, 1.807) is 23.2 Å². The number of anilines is 3. The maximum absolute atomic E-state index is 12.4. The normalized spacial score (nSPS) is 14.0. The number of aromatic nitrogens is 2. The lowest BCUT2D eigenvalue weighted by Crippen LogP contribution is -2.49. The summed E-state index contributed by atoms with van der Waals surface area (Å²) in [6.45, 7) is 5.04. The van der Waals surface area contributed by atoms with Crippen molar-refractivity contribution in [3.63, 3.8) is 0 Å². The maximum atomic E-state index is 12.4. The Morgan fingerprint density at radius 3 is 2.72 bits per heavy atom. The van der Waals surface area contributed by atoms with Crippen LogP contribution in [0.15, 0.2) is 59.3 Å². The number of para-hydroxylation sites is 2. The first-order chi connectivity index (χ1) is 14.2. The van der Waals surface area contributed by atoms with Crippen LogP contribution < -0.4 is 15.0 Å². The number of nitrogens with one attached hydrogen (secondary N) is 1. The summed E-state index contributed by atoms with van der Waals surface area (Å²) in [4.78, 5) is 25.3. The Balaban J connectivity index is 1.41. The molecule has 0 bridgehead atoms. The molecule has 1 amide bonds. The van der Waals surface area contributed by atoms with Gasteiger partial charge in [0.05, 0.1) is 18.6 Å². The minimum Gasteiger partial charge on any atom is -0.492 e. The number of ether oxygens (including phenoxy) is 1. The van der Waals surface area contributed by atoms with Crippen molar-refractivity contribution >= 4 is 23.4 Å². The molecule has 3 aromatic rings. The minimum atomic E-state index is -0.0847. The molecule has 8 nitrogen and oxygen atoms in total. The molecule has 0 atom stereocenters. The highest BCUT2D eigenvalue weighted by Crippen LogP contribution is 2.27. The third-order valence-electron chi connectivity index (χ3n) is 4.67. The van der Waals surface area contributed by atoms with Crippen LogP contribution in [0.2, 0.25) is 0 Å². The Labute approximate surface area is 169 Å². The Morgan fingerprint density at radius 1 is 1.14 bits per heavy atom. The Morgan fingerprint density at radius 2 is 1.97 bits per heavy atom. The van der Waals surface area contributed by atoms with Crippen LogP contribution in [0.1, 0.15) is 17.5 Å². The molecule has 0 radical (unpaired) electrons. The van der Waals surface area contributed by atoms with E-state index >= 15 is 0 Å². The first kappa shape index (κ1) is 18.8. The summed E-state index contributed by atoms with van der Waals surface area (Å²) in [7, 11) is 0. The predicted octanol–water partition coefficient (Wildman–Crippen LogP) is 3.17. The molecule has 8 heteroatoms. The van der Waals surface area contributed by atoms with Crippen LogP contribution >= 0.6 is 0 Å². The summed E-state index contributed by atoms with van der Waals surface area (Å²) in [5.41, 5.74) is 0.855. The quantitative estimate of drug-likeness (QED) is 0.689. The number of amides is 1. The van der Waals surface area contributed by atoms with Crippen molar-refractivity contribution in [2.24, 2.45) is 0 Å². The van der Waals surface area contributed by atoms with Gasteiger partial charge in [0.25, 0.3) is 5.91 Å². The molecular weight excluding hydrogens is 370 g/mol. The lowest BCUT2D eigenvalue weighted by Gasteiger charge is -2.34. The largest absolute Gasteiger partial charge is 0.492 e. The third kappa shape index (κ3) is 4.31. The van der Waals surface area contributed by atoms with Gasteiger partial charge in [-0.3, -0.25) is 4.79 Å². The van der Waals surface area contributed by atoms with Gasteiger partial charge in [-0.1, -0.05) is 12.1 Å². The molecule has 2 aromatic heterocycles. The minimum absolute atomic E-state index is 0.0847. The molecule has 1 aliphatic heterocycles. The van der Waals surface area contributed by atoms with Crippen LogP contribution in [0, 0.1) is 0 Å². The summed E-state index contributed by atoms with van der Waals surface area (Å²) in [6.07, 6.45) is 3.24. The van der Waals surface area contributed by atoms with E-state index in [-0.39, 0.29) is 5.91 Å². The smallest absolute Gasteiger partial charge is 0.289 e. The molecule has 1 aliphatic rings. The zero-order chi connectivity index (χ0) is 20.1. The Hall–Kier alpha value is -3.55. The van der Waals surface area contributed by atoms with Crippen LogP contribution in [0.25, 0.3) is 0 Å². The number of carbonyl (C=O) groups is 1. The number of carbonyl (C=O) groups excluding carboxylic acids is 1. The van der Waals surface area contributed by atoms with Crippen LogP contribution in [-0.4, -0.2) is 53.6 Å². The number of nitrogens with zero attached hydrogens (tertiary/aromatic N) is 4. The summed E-state index contributed by atoms with van der Waals surface area (Å²) < 4.78 is 10.9. The number of hydrogen-bond acceptors (Lipinski definition) is 7. The summed E-state index contributed by atoms with van der Waals surface area (Å²) >= 11 is 0. The van der Waals surface area contributed by atoms with Crippen molar-refractivity contribution in [2.75, 3.05) is 43.0 Å². The van der Waals surface area contributed by atoms with Crippen LogP contribution in [0.3, 0.4) is 0 Å². The van der Waals surface area contributed by atoms with E-state index < -0.39 is 0 Å². The zero-order valence-electron chi connectivity index (χ0n) is 16.2. The molecule has 0 saturated carbocycles. The number of furan rings is 1. The highest BCUT2D eigenvalue weighted by Gasteiger charge is 2.25. The van der Waals surface area contributed by atoms with Gasteiger partial charge in [-0.2, -0.15) is 4.98 Å². The lowest BCUT2D eigenvalue weighted by atomic mass is 10.3. The standard InChI is InChI=1S/C21H23N5O3/c1-2-28-17-7-4-3-6-16(17)23-19-9-10-22-21(24-19)26-13-11-25(12-14-26)20(27)18-8-5-15-29-18/h3-10,15H,2,11-14H2,1H3,(H,22,23,24). The molecule has 1 fully saturated rings. The fourth-order valence-electron chi connectivity index (χ4n) is 3.23. The fraction of sp³-hybridized carbons (Fsp3) is 0.286. The van der Waals surface area contributed by atoms with Crippen LogP contribution in [0.4, 0.5) is 17.5 Å². The van der Waals surface area contributed by atoms with Crippen molar-refractivity contribution in [2.45, 2.75) is 6.92 Å². The van der Waals surface area contributed by atoms with E-state index in [9.17, 15) is 4.79 Å². The van der Waals surface area contributed by atoms with Crippen molar-refractivity contribution in [1.29, 1.82) is 0 Å². The van der Waals surface area contributed by atoms with Gasteiger partial charge in [-0.25, -0.2) is 4.98 Å². The van der Waals surface area contributed by atoms with Gasteiger partial charge in [-0.15, -0.1) is 0 Å². The van der Waals surface area contributed by atoms with Gasteiger partial charge < -0.3 is 24.3 Å². The number of benzene rings is 1. The van der Waals surface area contributed by atoms with E-state index in [0.29, 0.717) is 50.3 Å². The van der Waals surface area contributed by atoms with Crippen LogP contribution in [0.5, 0.6) is 5.75 Å². The van der Waals surface area contributed by atoms with Gasteiger partial charge in [0.15, 0.2) is 5.76 Å². The van der Waals surface area contributed by atoms with E-state index in [2.05, 4.69) is 20.2 Å². The van der Waals surface area contributed by atoms with E-state index in [1.807, 2.05) is 37.3 Å². The summed E-state index contributed by atoms with van der Waals surface area (Å²) in [6, 6.07) is 13.0. The summed E-state index contributed by atoms with van der Waals surface area (Å²) in [5.74, 6) is 2.39. The average Bonchev–Trinajstić information content (AvgIpc) is 3.30. The second kappa shape index (κ2) is 8.64. The zero-order valence-corrected chi connectivity index (χ0v) is 16.2. The molecule has 0 spiro atoms. The van der Waals surface area contributed by atoms with Crippen molar-refractivity contribution < 1.29 is 13.9 Å². The van der Waals surface area contributed by atoms with Crippen LogP contribution in [-0.2, 0) is 0 Å². The van der Waals surface area contributed by atoms with E-state index in [4.69, 9.17) is 9.15 Å². The third-order valence-corrected chi connectivity index (χ3v) is 4.67. The van der Waals surface area contributed by atoms with Gasteiger partial charge in [0, 0.05) is 32.4 Å². The van der Waals surface area contributed by atoms with Gasteiger partial charge in [-0.05, 0) is 37.3 Å². The second-order valence-corrected chi connectivity index (χ2v) is 6.55. The predicted molar refractivity (Wildman–Crippen MR) is 110 cm³/mol. The molecule has 150 valence electrons. The van der Waals surface area contributed by atoms with Gasteiger partial charge in [0.2, 0.25) is 5.95 Å². The van der Waals surface area contributed by atoms with Crippen molar-refractivity contribution in [3.8, 4) is 5.75 Å². The molecule has 1 saturated heterocycles.